The molecule has 0 amide bonds. The lowest BCUT2D eigenvalue weighted by molar-refractivity contribution is 0.289. The first-order chi connectivity index (χ1) is 8.44. The van der Waals surface area contributed by atoms with Crippen LogP contribution in [0.2, 0.25) is 0 Å². The summed E-state index contributed by atoms with van der Waals surface area (Å²) in [5, 5.41) is 0. The lowest BCUT2D eigenvalue weighted by Crippen LogP contribution is -2.39. The number of benzene rings is 1. The fourth-order valence-electron chi connectivity index (χ4n) is 2.76. The van der Waals surface area contributed by atoms with Gasteiger partial charge in [-0.2, -0.15) is 0 Å². The summed E-state index contributed by atoms with van der Waals surface area (Å²) in [6, 6.07) is 3.05. The number of halogens is 2. The average molecular weight is 253 g/mol. The van der Waals surface area contributed by atoms with Gasteiger partial charge >= 0.3 is 0 Å². The molecule has 1 aliphatic carbocycles. The van der Waals surface area contributed by atoms with Gasteiger partial charge in [-0.15, -0.1) is 0 Å². The fourth-order valence-corrected chi connectivity index (χ4v) is 2.76. The first-order valence-corrected chi connectivity index (χ1v) is 6.72. The van der Waals surface area contributed by atoms with Crippen LogP contribution in [0.4, 0.5) is 8.78 Å². The van der Waals surface area contributed by atoms with Gasteiger partial charge in [0.1, 0.15) is 0 Å². The second-order valence-corrected chi connectivity index (χ2v) is 5.74. The van der Waals surface area contributed by atoms with E-state index in [9.17, 15) is 8.78 Å². The van der Waals surface area contributed by atoms with E-state index < -0.39 is 17.2 Å². The van der Waals surface area contributed by atoms with Crippen LogP contribution >= 0.6 is 0 Å². The van der Waals surface area contributed by atoms with Crippen molar-refractivity contribution < 1.29 is 8.78 Å². The fraction of sp³-hybridized carbons (Fsp3) is 0.600. The highest BCUT2D eigenvalue weighted by molar-refractivity contribution is 5.33. The molecule has 0 bridgehead atoms. The minimum atomic E-state index is -0.772. The molecular formula is C15H21F2N. The van der Waals surface area contributed by atoms with Crippen LogP contribution in [0.5, 0.6) is 0 Å². The van der Waals surface area contributed by atoms with E-state index in [-0.39, 0.29) is 5.92 Å². The Labute approximate surface area is 107 Å². The number of nitrogens with two attached hydrogens (primary N) is 1. The normalized spacial score (nSPS) is 19.2. The molecule has 0 aliphatic heterocycles. The van der Waals surface area contributed by atoms with Crippen molar-refractivity contribution in [2.24, 2.45) is 5.73 Å². The number of rotatable bonds is 2. The van der Waals surface area contributed by atoms with Gasteiger partial charge in [0.25, 0.3) is 0 Å². The van der Waals surface area contributed by atoms with Crippen LogP contribution in [0.15, 0.2) is 12.1 Å². The molecule has 18 heavy (non-hydrogen) atoms. The Morgan fingerprint density at radius 1 is 1.11 bits per heavy atom. The van der Waals surface area contributed by atoms with E-state index in [1.165, 1.54) is 6.07 Å². The lowest BCUT2D eigenvalue weighted by atomic mass is 9.76. The van der Waals surface area contributed by atoms with Gasteiger partial charge in [-0.3, -0.25) is 0 Å². The minimum absolute atomic E-state index is 0.172. The Hall–Kier alpha value is -0.960. The molecule has 1 aliphatic rings. The molecular weight excluding hydrogens is 232 g/mol. The lowest BCUT2D eigenvalue weighted by Gasteiger charge is -2.34. The maximum atomic E-state index is 14.0. The number of hydrogen-bond acceptors (Lipinski definition) is 1. The van der Waals surface area contributed by atoms with E-state index >= 15 is 0 Å². The third kappa shape index (κ3) is 2.41. The van der Waals surface area contributed by atoms with Crippen LogP contribution in [-0.4, -0.2) is 0 Å². The SMILES string of the molecule is CC(C)c1cc(F)c(F)c(C2(N)CCCCC2)c1. The van der Waals surface area contributed by atoms with Crippen molar-refractivity contribution in [3.05, 3.63) is 34.9 Å². The van der Waals surface area contributed by atoms with Gasteiger partial charge < -0.3 is 5.73 Å². The van der Waals surface area contributed by atoms with Gasteiger partial charge in [0.2, 0.25) is 0 Å². The Kier molecular flexibility index (Phi) is 3.71. The minimum Gasteiger partial charge on any atom is -0.321 e. The molecule has 1 aromatic rings. The molecule has 1 aromatic carbocycles. The van der Waals surface area contributed by atoms with Crippen LogP contribution in [0.1, 0.15) is 63.0 Å². The summed E-state index contributed by atoms with van der Waals surface area (Å²) in [6.07, 6.45) is 4.59. The van der Waals surface area contributed by atoms with E-state index in [0.717, 1.165) is 37.7 Å². The maximum Gasteiger partial charge on any atom is 0.163 e. The largest absolute Gasteiger partial charge is 0.321 e. The summed E-state index contributed by atoms with van der Waals surface area (Å²) in [7, 11) is 0. The molecule has 2 rings (SSSR count). The zero-order chi connectivity index (χ0) is 13.3. The van der Waals surface area contributed by atoms with E-state index in [4.69, 9.17) is 5.73 Å². The second-order valence-electron chi connectivity index (χ2n) is 5.74. The zero-order valence-electron chi connectivity index (χ0n) is 11.1. The molecule has 0 atom stereocenters. The van der Waals surface area contributed by atoms with E-state index in [0.29, 0.717) is 5.56 Å². The van der Waals surface area contributed by atoms with E-state index in [1.54, 1.807) is 6.07 Å². The Bertz CT molecular complexity index is 434. The van der Waals surface area contributed by atoms with Gasteiger partial charge in [-0.25, -0.2) is 8.78 Å². The Morgan fingerprint density at radius 2 is 1.72 bits per heavy atom. The Balaban J connectivity index is 2.48. The molecule has 1 fully saturated rings. The quantitative estimate of drug-likeness (QED) is 0.839. The van der Waals surface area contributed by atoms with Crippen molar-refractivity contribution in [1.82, 2.24) is 0 Å². The molecule has 0 unspecified atom stereocenters. The maximum absolute atomic E-state index is 14.0. The first-order valence-electron chi connectivity index (χ1n) is 6.72. The van der Waals surface area contributed by atoms with Crippen molar-refractivity contribution >= 4 is 0 Å². The molecule has 0 radical (unpaired) electrons. The summed E-state index contributed by atoms with van der Waals surface area (Å²) >= 11 is 0. The predicted octanol–water partition coefficient (Wildman–Crippen LogP) is 4.21. The van der Waals surface area contributed by atoms with Crippen molar-refractivity contribution in [2.75, 3.05) is 0 Å². The highest BCUT2D eigenvalue weighted by Crippen LogP contribution is 2.37. The summed E-state index contributed by atoms with van der Waals surface area (Å²) in [4.78, 5) is 0. The van der Waals surface area contributed by atoms with Crippen LogP contribution < -0.4 is 5.73 Å². The molecule has 1 saturated carbocycles. The van der Waals surface area contributed by atoms with Crippen molar-refractivity contribution in [1.29, 1.82) is 0 Å². The molecule has 2 N–H and O–H groups in total. The molecule has 0 spiro atoms. The Morgan fingerprint density at radius 3 is 2.28 bits per heavy atom. The standard InChI is InChI=1S/C15H21F2N/c1-10(2)11-8-12(14(17)13(16)9-11)15(18)6-4-3-5-7-15/h8-10H,3-7,18H2,1-2H3. The van der Waals surface area contributed by atoms with Gasteiger partial charge in [0, 0.05) is 11.1 Å². The van der Waals surface area contributed by atoms with E-state index in [1.807, 2.05) is 13.8 Å². The number of hydrogen-bond donors (Lipinski definition) is 1. The van der Waals surface area contributed by atoms with Gasteiger partial charge in [0.15, 0.2) is 11.6 Å². The topological polar surface area (TPSA) is 26.0 Å². The highest BCUT2D eigenvalue weighted by atomic mass is 19.2. The van der Waals surface area contributed by atoms with Gasteiger partial charge in [-0.05, 0) is 30.4 Å². The smallest absolute Gasteiger partial charge is 0.163 e. The molecule has 0 heterocycles. The molecule has 0 aromatic heterocycles. The van der Waals surface area contributed by atoms with Gasteiger partial charge in [-0.1, -0.05) is 39.2 Å². The van der Waals surface area contributed by atoms with Crippen LogP contribution in [0.3, 0.4) is 0 Å². The van der Waals surface area contributed by atoms with Crippen molar-refractivity contribution in [2.45, 2.75) is 57.4 Å². The summed E-state index contributed by atoms with van der Waals surface area (Å²) < 4.78 is 27.7. The molecule has 1 nitrogen and oxygen atoms in total. The third-order valence-corrected chi connectivity index (χ3v) is 4.00. The van der Waals surface area contributed by atoms with Crippen LogP contribution in [-0.2, 0) is 5.54 Å². The molecule has 3 heteroatoms. The highest BCUT2D eigenvalue weighted by Gasteiger charge is 2.33. The first kappa shape index (κ1) is 13.5. The monoisotopic (exact) mass is 253 g/mol. The summed E-state index contributed by atoms with van der Waals surface area (Å²) in [5.74, 6) is -1.36. The van der Waals surface area contributed by atoms with Crippen molar-refractivity contribution in [3.63, 3.8) is 0 Å². The van der Waals surface area contributed by atoms with Crippen molar-refractivity contribution in [3.8, 4) is 0 Å². The zero-order valence-corrected chi connectivity index (χ0v) is 11.1. The molecule has 0 saturated heterocycles. The summed E-state index contributed by atoms with van der Waals surface area (Å²) in [6.45, 7) is 3.95. The second kappa shape index (κ2) is 4.96. The third-order valence-electron chi connectivity index (χ3n) is 4.00. The summed E-state index contributed by atoms with van der Waals surface area (Å²) in [5.41, 5.74) is 6.81. The van der Waals surface area contributed by atoms with E-state index in [2.05, 4.69) is 0 Å². The van der Waals surface area contributed by atoms with Gasteiger partial charge in [0.05, 0.1) is 0 Å². The van der Waals surface area contributed by atoms with Crippen LogP contribution in [0, 0.1) is 11.6 Å². The average Bonchev–Trinajstić information content (AvgIpc) is 2.33. The predicted molar refractivity (Wildman–Crippen MR) is 69.4 cm³/mol. The molecule has 100 valence electrons. The van der Waals surface area contributed by atoms with Crippen LogP contribution in [0.25, 0.3) is 0 Å².